The van der Waals surface area contributed by atoms with Gasteiger partial charge in [0.15, 0.2) is 11.6 Å². The Bertz CT molecular complexity index is 807. The quantitative estimate of drug-likeness (QED) is 0.649. The maximum Gasteiger partial charge on any atom is 0.188 e. The molecule has 0 saturated heterocycles. The first-order valence-corrected chi connectivity index (χ1v) is 7.88. The smallest absolute Gasteiger partial charge is 0.188 e. The second kappa shape index (κ2) is 6.68. The fraction of sp³-hybridized carbons (Fsp3) is 0.158. The van der Waals surface area contributed by atoms with Gasteiger partial charge in [-0.2, -0.15) is 0 Å². The van der Waals surface area contributed by atoms with E-state index in [1.54, 1.807) is 55.5 Å². The molecule has 0 heterocycles. The van der Waals surface area contributed by atoms with Gasteiger partial charge in [0, 0.05) is 17.8 Å². The van der Waals surface area contributed by atoms with Gasteiger partial charge in [0.1, 0.15) is 0 Å². The van der Waals surface area contributed by atoms with Crippen LogP contribution in [0, 0.1) is 5.92 Å². The SMILES string of the molecule is CC1C(=O)C(=Nc2ccc(N)cc2)CC(=Nc2ccc(N)cc2)C1=O. The number of nitrogens with two attached hydrogens (primary N) is 2. The molecule has 2 aromatic rings. The molecule has 1 saturated carbocycles. The number of aliphatic imine (C=N–C) groups is 2. The summed E-state index contributed by atoms with van der Waals surface area (Å²) in [5, 5.41) is 0. The molecule has 126 valence electrons. The Kier molecular flexibility index (Phi) is 4.43. The van der Waals surface area contributed by atoms with Crippen LogP contribution in [0.15, 0.2) is 58.5 Å². The number of hydrogen-bond acceptors (Lipinski definition) is 6. The van der Waals surface area contributed by atoms with Gasteiger partial charge < -0.3 is 11.5 Å². The fourth-order valence-electron chi connectivity index (χ4n) is 2.55. The van der Waals surface area contributed by atoms with Gasteiger partial charge in [0.2, 0.25) is 0 Å². The second-order valence-electron chi connectivity index (χ2n) is 5.93. The largest absolute Gasteiger partial charge is 0.399 e. The first-order chi connectivity index (χ1) is 11.9. The van der Waals surface area contributed by atoms with E-state index < -0.39 is 5.92 Å². The van der Waals surface area contributed by atoms with Crippen molar-refractivity contribution in [3.05, 3.63) is 48.5 Å². The highest BCUT2D eigenvalue weighted by molar-refractivity contribution is 6.62. The van der Waals surface area contributed by atoms with Crippen LogP contribution in [0.5, 0.6) is 0 Å². The summed E-state index contributed by atoms with van der Waals surface area (Å²) >= 11 is 0. The molecule has 0 spiro atoms. The number of rotatable bonds is 2. The zero-order chi connectivity index (χ0) is 18.0. The lowest BCUT2D eigenvalue weighted by atomic mass is 9.85. The summed E-state index contributed by atoms with van der Waals surface area (Å²) in [5.41, 5.74) is 14.4. The monoisotopic (exact) mass is 334 g/mol. The predicted octanol–water partition coefficient (Wildman–Crippen LogP) is 2.87. The molecule has 0 aromatic heterocycles. The minimum atomic E-state index is -0.784. The standard InChI is InChI=1S/C19H18N4O2/c1-11-18(24)16(22-14-6-2-12(20)3-7-14)10-17(19(11)25)23-15-8-4-13(21)5-9-15/h2-9,11H,10,20-21H2,1H3. The zero-order valence-corrected chi connectivity index (χ0v) is 13.8. The minimum Gasteiger partial charge on any atom is -0.399 e. The van der Waals surface area contributed by atoms with E-state index >= 15 is 0 Å². The van der Waals surface area contributed by atoms with E-state index in [0.717, 1.165) is 0 Å². The number of nitrogens with zero attached hydrogens (tertiary/aromatic N) is 2. The molecule has 25 heavy (non-hydrogen) atoms. The van der Waals surface area contributed by atoms with Crippen LogP contribution in [-0.4, -0.2) is 23.0 Å². The van der Waals surface area contributed by atoms with E-state index in [0.29, 0.717) is 34.2 Å². The van der Waals surface area contributed by atoms with E-state index in [4.69, 9.17) is 11.5 Å². The molecular weight excluding hydrogens is 316 g/mol. The summed E-state index contributed by atoms with van der Waals surface area (Å²) in [7, 11) is 0. The second-order valence-corrected chi connectivity index (χ2v) is 5.93. The van der Waals surface area contributed by atoms with Crippen molar-refractivity contribution >= 4 is 45.7 Å². The third-order valence-corrected chi connectivity index (χ3v) is 4.00. The van der Waals surface area contributed by atoms with Crippen molar-refractivity contribution in [1.82, 2.24) is 0 Å². The van der Waals surface area contributed by atoms with Gasteiger partial charge in [-0.15, -0.1) is 0 Å². The molecule has 0 unspecified atom stereocenters. The average Bonchev–Trinajstić information content (AvgIpc) is 2.61. The Morgan fingerprint density at radius 2 is 1.12 bits per heavy atom. The van der Waals surface area contributed by atoms with Gasteiger partial charge in [0.05, 0.1) is 28.7 Å². The van der Waals surface area contributed by atoms with Crippen molar-refractivity contribution in [3.8, 4) is 0 Å². The average molecular weight is 334 g/mol. The van der Waals surface area contributed by atoms with Crippen LogP contribution in [0.2, 0.25) is 0 Å². The molecule has 1 fully saturated rings. The lowest BCUT2D eigenvalue weighted by molar-refractivity contribution is -0.125. The van der Waals surface area contributed by atoms with E-state index in [1.165, 1.54) is 0 Å². The summed E-state index contributed by atoms with van der Waals surface area (Å²) in [4.78, 5) is 33.6. The van der Waals surface area contributed by atoms with Crippen molar-refractivity contribution in [2.75, 3.05) is 11.5 Å². The van der Waals surface area contributed by atoms with Gasteiger partial charge in [-0.05, 0) is 55.5 Å². The molecule has 0 aliphatic heterocycles. The van der Waals surface area contributed by atoms with Gasteiger partial charge >= 0.3 is 0 Å². The fourth-order valence-corrected chi connectivity index (χ4v) is 2.55. The molecule has 2 aromatic carbocycles. The van der Waals surface area contributed by atoms with Gasteiger partial charge in [0.25, 0.3) is 0 Å². The Morgan fingerprint density at radius 3 is 1.48 bits per heavy atom. The molecule has 6 nitrogen and oxygen atoms in total. The summed E-state index contributed by atoms with van der Waals surface area (Å²) in [5.74, 6) is -1.31. The maximum atomic E-state index is 12.4. The highest BCUT2D eigenvalue weighted by Crippen LogP contribution is 2.22. The molecule has 1 aliphatic carbocycles. The number of benzene rings is 2. The van der Waals surface area contributed by atoms with Crippen molar-refractivity contribution in [2.45, 2.75) is 13.3 Å². The van der Waals surface area contributed by atoms with Crippen molar-refractivity contribution in [1.29, 1.82) is 0 Å². The Balaban J connectivity index is 1.95. The summed E-state index contributed by atoms with van der Waals surface area (Å²) in [6.45, 7) is 1.58. The lowest BCUT2D eigenvalue weighted by Gasteiger charge is -2.19. The number of Topliss-reactive ketones (excluding diaryl/α,β-unsaturated/α-hetero) is 2. The highest BCUT2D eigenvalue weighted by Gasteiger charge is 2.35. The topological polar surface area (TPSA) is 111 Å². The van der Waals surface area contributed by atoms with Crippen LogP contribution >= 0.6 is 0 Å². The van der Waals surface area contributed by atoms with Crippen LogP contribution < -0.4 is 11.5 Å². The first-order valence-electron chi connectivity index (χ1n) is 7.88. The zero-order valence-electron chi connectivity index (χ0n) is 13.8. The lowest BCUT2D eigenvalue weighted by Crippen LogP contribution is -2.40. The van der Waals surface area contributed by atoms with E-state index in [9.17, 15) is 9.59 Å². The molecule has 3 rings (SSSR count). The third-order valence-electron chi connectivity index (χ3n) is 4.00. The van der Waals surface area contributed by atoms with Crippen LogP contribution in [0.4, 0.5) is 22.7 Å². The summed E-state index contributed by atoms with van der Waals surface area (Å²) < 4.78 is 0. The Labute approximate surface area is 145 Å². The van der Waals surface area contributed by atoms with Crippen LogP contribution in [0.3, 0.4) is 0 Å². The maximum absolute atomic E-state index is 12.4. The Hall–Kier alpha value is -3.28. The normalized spacial score (nSPS) is 21.1. The minimum absolute atomic E-state index is 0.108. The van der Waals surface area contributed by atoms with E-state index in [-0.39, 0.29) is 18.0 Å². The first kappa shape index (κ1) is 16.6. The molecule has 0 atom stereocenters. The van der Waals surface area contributed by atoms with Crippen molar-refractivity contribution in [3.63, 3.8) is 0 Å². The van der Waals surface area contributed by atoms with Crippen molar-refractivity contribution in [2.24, 2.45) is 15.9 Å². The Morgan fingerprint density at radius 1 is 0.760 bits per heavy atom. The summed E-state index contributed by atoms with van der Waals surface area (Å²) in [6, 6.07) is 13.8. The van der Waals surface area contributed by atoms with E-state index in [2.05, 4.69) is 9.98 Å². The van der Waals surface area contributed by atoms with E-state index in [1.807, 2.05) is 0 Å². The molecule has 0 amide bonds. The number of carbonyl (C=O) groups is 2. The molecule has 6 heteroatoms. The van der Waals surface area contributed by atoms with Gasteiger partial charge in [-0.3, -0.25) is 9.59 Å². The highest BCUT2D eigenvalue weighted by atomic mass is 16.2. The predicted molar refractivity (Wildman–Crippen MR) is 99.7 cm³/mol. The van der Waals surface area contributed by atoms with Crippen LogP contribution in [0.1, 0.15) is 13.3 Å². The summed E-state index contributed by atoms with van der Waals surface area (Å²) in [6.07, 6.45) is 0.108. The number of ketones is 2. The molecule has 4 N–H and O–H groups in total. The molecule has 1 aliphatic rings. The van der Waals surface area contributed by atoms with Gasteiger partial charge in [-0.1, -0.05) is 0 Å². The van der Waals surface area contributed by atoms with Crippen LogP contribution in [-0.2, 0) is 9.59 Å². The number of anilines is 2. The van der Waals surface area contributed by atoms with Crippen LogP contribution in [0.25, 0.3) is 0 Å². The van der Waals surface area contributed by atoms with Gasteiger partial charge in [-0.25, -0.2) is 9.98 Å². The molecular formula is C19H18N4O2. The third kappa shape index (κ3) is 3.63. The molecule has 0 radical (unpaired) electrons. The number of carbonyl (C=O) groups excluding carboxylic acids is 2. The number of hydrogen-bond donors (Lipinski definition) is 2. The van der Waals surface area contributed by atoms with Crippen molar-refractivity contribution < 1.29 is 9.59 Å². The number of nitrogen functional groups attached to an aromatic ring is 2. The molecule has 0 bridgehead atoms.